The van der Waals surface area contributed by atoms with E-state index in [-0.39, 0.29) is 17.0 Å². The van der Waals surface area contributed by atoms with Crippen LogP contribution in [0.5, 0.6) is 0 Å². The van der Waals surface area contributed by atoms with Crippen LogP contribution in [-0.4, -0.2) is 5.90 Å². The average molecular weight is 619 g/mol. The molecule has 0 aliphatic carbocycles. The monoisotopic (exact) mass is 617 g/mol. The van der Waals surface area contributed by atoms with E-state index in [9.17, 15) is 0 Å². The van der Waals surface area contributed by atoms with Crippen LogP contribution >= 0.6 is 14.5 Å². The van der Waals surface area contributed by atoms with Gasteiger partial charge in [-0.1, -0.05) is 109 Å². The molecular formula is C37H32BrP2+. The van der Waals surface area contributed by atoms with Crippen molar-refractivity contribution in [3.05, 3.63) is 182 Å². The summed E-state index contributed by atoms with van der Waals surface area (Å²) in [6, 6.07) is 67.8. The van der Waals surface area contributed by atoms with Gasteiger partial charge in [0.15, 0.2) is 20.4 Å². The number of hydrogen-bond acceptors (Lipinski definition) is 0. The second-order valence-electron chi connectivity index (χ2n) is 9.77. The molecule has 0 N–H and O–H groups in total. The Morgan fingerprint density at radius 1 is 0.250 bits per heavy atom. The molecule has 6 aromatic rings. The van der Waals surface area contributed by atoms with Crippen molar-refractivity contribution < 1.29 is 17.0 Å². The molecular weight excluding hydrogens is 586 g/mol. The third kappa shape index (κ3) is 5.23. The van der Waals surface area contributed by atoms with Crippen LogP contribution in [0.2, 0.25) is 0 Å². The minimum Gasteiger partial charge on any atom is -1.00 e. The number of halogens is 1. The minimum atomic E-state index is -2.12. The highest BCUT2D eigenvalue weighted by molar-refractivity contribution is 8.10. The number of hydrogen-bond donors (Lipinski definition) is 0. The molecule has 0 unspecified atom stereocenters. The van der Waals surface area contributed by atoms with E-state index in [1.54, 1.807) is 0 Å². The lowest BCUT2D eigenvalue weighted by molar-refractivity contribution is -0.00000741. The largest absolute Gasteiger partial charge is 1.00 e. The molecule has 0 nitrogen and oxygen atoms in total. The van der Waals surface area contributed by atoms with Gasteiger partial charge in [0.2, 0.25) is 0 Å². The minimum absolute atomic E-state index is 0. The van der Waals surface area contributed by atoms with Gasteiger partial charge in [0, 0.05) is 0 Å². The van der Waals surface area contributed by atoms with Gasteiger partial charge in [-0.15, -0.1) is 0 Å². The predicted molar refractivity (Wildman–Crippen MR) is 175 cm³/mol. The van der Waals surface area contributed by atoms with Crippen LogP contribution in [0.1, 0.15) is 0 Å². The quantitative estimate of drug-likeness (QED) is 0.227. The van der Waals surface area contributed by atoms with Crippen LogP contribution in [-0.2, 0) is 0 Å². The van der Waals surface area contributed by atoms with Crippen molar-refractivity contribution in [1.82, 2.24) is 0 Å². The van der Waals surface area contributed by atoms with E-state index in [0.717, 1.165) is 5.90 Å². The maximum Gasteiger partial charge on any atom is 0.188 e. The molecule has 0 saturated carbocycles. The molecule has 0 saturated heterocycles. The Morgan fingerprint density at radius 3 is 0.550 bits per heavy atom. The summed E-state index contributed by atoms with van der Waals surface area (Å²) in [6.45, 7) is 0. The zero-order chi connectivity index (χ0) is 26.4. The lowest BCUT2D eigenvalue weighted by Gasteiger charge is -2.34. The van der Waals surface area contributed by atoms with E-state index >= 15 is 0 Å². The molecule has 0 atom stereocenters. The van der Waals surface area contributed by atoms with Crippen LogP contribution in [0.4, 0.5) is 0 Å². The summed E-state index contributed by atoms with van der Waals surface area (Å²) in [5, 5.41) is 8.55. The zero-order valence-electron chi connectivity index (χ0n) is 22.3. The summed E-state index contributed by atoms with van der Waals surface area (Å²) in [5.74, 6) is 1.04. The van der Waals surface area contributed by atoms with Gasteiger partial charge in [-0.05, 0) is 72.8 Å². The topological polar surface area (TPSA) is 0 Å². The third-order valence-electron chi connectivity index (χ3n) is 7.61. The van der Waals surface area contributed by atoms with Gasteiger partial charge in [-0.25, -0.2) is 0 Å². The fourth-order valence-electron chi connectivity index (χ4n) is 5.80. The fraction of sp³-hybridized carbons (Fsp3) is 0.0270. The average Bonchev–Trinajstić information content (AvgIpc) is 3.04. The van der Waals surface area contributed by atoms with Gasteiger partial charge < -0.3 is 17.0 Å². The smallest absolute Gasteiger partial charge is 0.188 e. The van der Waals surface area contributed by atoms with Crippen LogP contribution in [0.15, 0.2) is 182 Å². The highest BCUT2D eigenvalue weighted by Gasteiger charge is 2.59. The van der Waals surface area contributed by atoms with Gasteiger partial charge in [0.25, 0.3) is 0 Å². The summed E-state index contributed by atoms with van der Waals surface area (Å²) >= 11 is 0. The lowest BCUT2D eigenvalue weighted by atomic mass is 10.4. The molecule has 0 bridgehead atoms. The Balaban J connectivity index is 0.00000323. The molecule has 0 radical (unpaired) electrons. The summed E-state index contributed by atoms with van der Waals surface area (Å²) in [7, 11) is -4.24. The Bertz CT molecular complexity index is 1270. The van der Waals surface area contributed by atoms with Gasteiger partial charge in [0.05, 0.1) is 0 Å². The summed E-state index contributed by atoms with van der Waals surface area (Å²) in [6.07, 6.45) is 0. The molecule has 0 fully saturated rings. The van der Waals surface area contributed by atoms with Gasteiger partial charge in [-0.2, -0.15) is 0 Å². The summed E-state index contributed by atoms with van der Waals surface area (Å²) in [5.41, 5.74) is 0. The van der Waals surface area contributed by atoms with Gasteiger partial charge in [0.1, 0.15) is 31.8 Å². The van der Waals surface area contributed by atoms with Crippen LogP contribution in [0.3, 0.4) is 0 Å². The Morgan fingerprint density at radius 2 is 0.400 bits per heavy atom. The summed E-state index contributed by atoms with van der Waals surface area (Å²) < 4.78 is 0. The molecule has 3 heteroatoms. The number of rotatable bonds is 8. The predicted octanol–water partition coefficient (Wildman–Crippen LogP) is 3.94. The molecule has 0 amide bonds. The Kier molecular flexibility index (Phi) is 9.08. The van der Waals surface area contributed by atoms with Crippen molar-refractivity contribution in [1.29, 1.82) is 0 Å². The third-order valence-corrected chi connectivity index (χ3v) is 18.1. The Hall–Kier alpha value is -3.34. The normalized spacial score (nSPS) is 11.4. The molecule has 0 spiro atoms. The van der Waals surface area contributed by atoms with Crippen molar-refractivity contribution in [2.75, 3.05) is 5.90 Å². The first-order valence-corrected chi connectivity index (χ1v) is 17.4. The van der Waals surface area contributed by atoms with Gasteiger partial charge >= 0.3 is 0 Å². The van der Waals surface area contributed by atoms with E-state index in [0.29, 0.717) is 0 Å². The maximum absolute atomic E-state index is 2.36. The SMILES string of the molecule is [Br-].c1ccc([P+](C[P+](c2ccccc2)(c2ccccc2)c2ccccc2)(c2ccccc2)c2ccccc2)cc1. The first-order chi connectivity index (χ1) is 19.3. The Labute approximate surface area is 250 Å². The van der Waals surface area contributed by atoms with Crippen molar-refractivity contribution in [3.8, 4) is 0 Å². The molecule has 0 aliphatic heterocycles. The highest BCUT2D eigenvalue weighted by Crippen LogP contribution is 2.70. The second-order valence-corrected chi connectivity index (χ2v) is 17.2. The molecule has 40 heavy (non-hydrogen) atoms. The van der Waals surface area contributed by atoms with Crippen LogP contribution < -0.4 is 48.8 Å². The highest BCUT2D eigenvalue weighted by atomic mass is 79.9. The van der Waals surface area contributed by atoms with Crippen molar-refractivity contribution >= 4 is 46.4 Å². The molecule has 0 aromatic heterocycles. The molecule has 0 aliphatic rings. The van der Waals surface area contributed by atoms with E-state index in [1.165, 1.54) is 31.8 Å². The van der Waals surface area contributed by atoms with Gasteiger partial charge in [-0.3, -0.25) is 0 Å². The van der Waals surface area contributed by atoms with Crippen LogP contribution in [0.25, 0.3) is 0 Å². The van der Waals surface area contributed by atoms with Crippen molar-refractivity contribution in [2.45, 2.75) is 0 Å². The van der Waals surface area contributed by atoms with E-state index in [4.69, 9.17) is 0 Å². The second kappa shape index (κ2) is 12.9. The molecule has 6 rings (SSSR count). The fourth-order valence-corrected chi connectivity index (χ4v) is 18.1. The molecule has 196 valence electrons. The van der Waals surface area contributed by atoms with E-state index in [2.05, 4.69) is 182 Å². The first-order valence-electron chi connectivity index (χ1n) is 13.4. The van der Waals surface area contributed by atoms with E-state index < -0.39 is 14.5 Å². The standard InChI is InChI=1S/C37H32P2.BrH/c1-7-19-32(20-8-1)38(33-21-9-2-10-22-33,34-23-11-3-12-24-34)31-39(35-25-13-4-14-26-35,36-27-15-5-16-28-36)37-29-17-6-18-30-37;/h1-30H,31H2;1H/q+2;/p-1. The van der Waals surface area contributed by atoms with E-state index in [1.807, 2.05) is 0 Å². The lowest BCUT2D eigenvalue weighted by Crippen LogP contribution is -3.00. The van der Waals surface area contributed by atoms with Crippen molar-refractivity contribution in [2.24, 2.45) is 0 Å². The summed E-state index contributed by atoms with van der Waals surface area (Å²) in [4.78, 5) is 0. The van der Waals surface area contributed by atoms with Crippen LogP contribution in [0, 0.1) is 0 Å². The van der Waals surface area contributed by atoms with Crippen molar-refractivity contribution in [3.63, 3.8) is 0 Å². The molecule has 0 heterocycles. The first kappa shape index (κ1) is 28.2. The number of benzene rings is 6. The molecule has 6 aromatic carbocycles. The zero-order valence-corrected chi connectivity index (χ0v) is 25.7. The maximum atomic E-state index is 2.36.